The fourth-order valence-corrected chi connectivity index (χ4v) is 4.23. The number of aryl methyl sites for hydroxylation is 3. The summed E-state index contributed by atoms with van der Waals surface area (Å²) in [5.74, 6) is -0.941. The maximum absolute atomic E-state index is 13.5. The number of nitrogens with one attached hydrogen (secondary N) is 2. The molecule has 0 aliphatic carbocycles. The van der Waals surface area contributed by atoms with Gasteiger partial charge in [-0.3, -0.25) is 4.79 Å². The number of benzene rings is 2. The van der Waals surface area contributed by atoms with Crippen molar-refractivity contribution in [1.29, 1.82) is 4.78 Å². The van der Waals surface area contributed by atoms with E-state index in [0.29, 0.717) is 16.9 Å². The molecule has 180 valence electrons. The first kappa shape index (κ1) is 25.2. The lowest BCUT2D eigenvalue weighted by molar-refractivity contribution is -0.142. The summed E-state index contributed by atoms with van der Waals surface area (Å²) in [7, 11) is -3.07. The van der Waals surface area contributed by atoms with E-state index in [0.717, 1.165) is 12.5 Å². The highest BCUT2D eigenvalue weighted by molar-refractivity contribution is 7.91. The molecular weight excluding hydrogens is 469 g/mol. The Morgan fingerprint density at radius 2 is 1.68 bits per heavy atom. The number of anilines is 1. The van der Waals surface area contributed by atoms with E-state index in [9.17, 15) is 22.2 Å². The fourth-order valence-electron chi connectivity index (χ4n) is 3.54. The zero-order chi connectivity index (χ0) is 25.4. The van der Waals surface area contributed by atoms with Gasteiger partial charge in [0.1, 0.15) is 11.3 Å². The number of nitrogens with zero attached hydrogens (tertiary/aromatic N) is 2. The molecule has 1 heterocycles. The second-order valence-electron chi connectivity index (χ2n) is 8.01. The van der Waals surface area contributed by atoms with E-state index in [2.05, 4.69) is 15.5 Å². The Hall–Kier alpha value is -3.47. The molecule has 34 heavy (non-hydrogen) atoms. The number of halogens is 3. The van der Waals surface area contributed by atoms with Crippen molar-refractivity contribution < 1.29 is 26.9 Å². The topological polar surface area (TPSA) is 105 Å². The monoisotopic (exact) mass is 492 g/mol. The summed E-state index contributed by atoms with van der Waals surface area (Å²) in [5, 5.41) is 9.36. The van der Waals surface area contributed by atoms with Crippen molar-refractivity contribution in [2.45, 2.75) is 38.8 Å². The molecule has 1 unspecified atom stereocenters. The van der Waals surface area contributed by atoms with Crippen LogP contribution in [-0.4, -0.2) is 26.6 Å². The largest absolute Gasteiger partial charge is 0.436 e. The lowest BCUT2D eigenvalue weighted by Gasteiger charge is -2.18. The first-order valence-corrected chi connectivity index (χ1v) is 12.0. The predicted molar refractivity (Wildman–Crippen MR) is 122 cm³/mol. The third kappa shape index (κ3) is 5.36. The summed E-state index contributed by atoms with van der Waals surface area (Å²) >= 11 is 0. The van der Waals surface area contributed by atoms with Gasteiger partial charge in [0, 0.05) is 16.8 Å². The number of hydrogen-bond acceptors (Lipinski definition) is 6. The Morgan fingerprint density at radius 1 is 1.06 bits per heavy atom. The van der Waals surface area contributed by atoms with Gasteiger partial charge in [0.05, 0.1) is 9.73 Å². The van der Waals surface area contributed by atoms with Crippen LogP contribution in [0.4, 0.5) is 18.9 Å². The molecule has 0 spiro atoms. The minimum atomic E-state index is -4.83. The first-order valence-electron chi connectivity index (χ1n) is 10.0. The van der Waals surface area contributed by atoms with Crippen molar-refractivity contribution in [2.24, 2.45) is 0 Å². The number of hydrogen-bond donors (Lipinski definition) is 2. The summed E-state index contributed by atoms with van der Waals surface area (Å²) in [5.41, 5.74) is 0.357. The average Bonchev–Trinajstić information content (AvgIpc) is 2.69. The minimum Gasteiger partial charge on any atom is -0.436 e. The van der Waals surface area contributed by atoms with Crippen LogP contribution in [0.1, 0.15) is 38.3 Å². The number of amides is 1. The highest BCUT2D eigenvalue weighted by Crippen LogP contribution is 2.36. The van der Waals surface area contributed by atoms with Crippen LogP contribution in [0.25, 0.3) is 0 Å². The molecule has 0 saturated heterocycles. The Kier molecular flexibility index (Phi) is 6.70. The SMILES string of the molecule is Cc1cc(C)c(Oc2nnc(C(F)(F)F)c(C)c2C(=O)Nc2cccc(S(C)(=N)=O)c2)c(C)c1. The van der Waals surface area contributed by atoms with E-state index in [4.69, 9.17) is 9.52 Å². The molecular formula is C23H23F3N4O3S. The van der Waals surface area contributed by atoms with Crippen LogP contribution >= 0.6 is 0 Å². The zero-order valence-corrected chi connectivity index (χ0v) is 19.9. The lowest BCUT2D eigenvalue weighted by atomic mass is 10.1. The summed E-state index contributed by atoms with van der Waals surface area (Å²) < 4.78 is 66.1. The molecule has 3 rings (SSSR count). The Bertz CT molecular complexity index is 1360. The number of alkyl halides is 3. The van der Waals surface area contributed by atoms with Gasteiger partial charge in [-0.1, -0.05) is 23.8 Å². The Morgan fingerprint density at radius 3 is 2.24 bits per heavy atom. The number of rotatable bonds is 5. The molecule has 0 bridgehead atoms. The maximum Gasteiger partial charge on any atom is 0.435 e. The van der Waals surface area contributed by atoms with Crippen LogP contribution in [0.5, 0.6) is 11.6 Å². The van der Waals surface area contributed by atoms with Gasteiger partial charge >= 0.3 is 6.18 Å². The molecule has 0 aliphatic heterocycles. The second kappa shape index (κ2) is 9.05. The predicted octanol–water partition coefficient (Wildman–Crippen LogP) is 5.81. The third-order valence-electron chi connectivity index (χ3n) is 5.03. The molecule has 1 amide bonds. The van der Waals surface area contributed by atoms with Gasteiger partial charge in [0.2, 0.25) is 0 Å². The highest BCUT2D eigenvalue weighted by Gasteiger charge is 2.38. The summed E-state index contributed by atoms with van der Waals surface area (Å²) in [6.45, 7) is 6.56. The molecule has 2 N–H and O–H groups in total. The maximum atomic E-state index is 13.5. The van der Waals surface area contributed by atoms with Gasteiger partial charge in [-0.15, -0.1) is 10.2 Å². The number of carbonyl (C=O) groups excluding carboxylic acids is 1. The lowest BCUT2D eigenvalue weighted by Crippen LogP contribution is -2.21. The van der Waals surface area contributed by atoms with Crippen molar-refractivity contribution in [3.8, 4) is 11.6 Å². The van der Waals surface area contributed by atoms with E-state index in [1.54, 1.807) is 13.8 Å². The number of aromatic nitrogens is 2. The van der Waals surface area contributed by atoms with Crippen LogP contribution in [0.3, 0.4) is 0 Å². The van der Waals surface area contributed by atoms with Crippen LogP contribution in [0, 0.1) is 32.5 Å². The zero-order valence-electron chi connectivity index (χ0n) is 19.1. The third-order valence-corrected chi connectivity index (χ3v) is 6.18. The summed E-state index contributed by atoms with van der Waals surface area (Å²) in [6, 6.07) is 9.41. The smallest absolute Gasteiger partial charge is 0.435 e. The van der Waals surface area contributed by atoms with Crippen molar-refractivity contribution >= 4 is 21.3 Å². The van der Waals surface area contributed by atoms with Crippen LogP contribution in [0.2, 0.25) is 0 Å². The molecule has 0 radical (unpaired) electrons. The average molecular weight is 493 g/mol. The molecule has 11 heteroatoms. The molecule has 3 aromatic rings. The van der Waals surface area contributed by atoms with Crippen molar-refractivity contribution in [3.63, 3.8) is 0 Å². The number of carbonyl (C=O) groups is 1. The summed E-state index contributed by atoms with van der Waals surface area (Å²) in [4.78, 5) is 13.3. The van der Waals surface area contributed by atoms with Gasteiger partial charge in [0.15, 0.2) is 5.69 Å². The quantitative estimate of drug-likeness (QED) is 0.468. The van der Waals surface area contributed by atoms with Gasteiger partial charge in [0.25, 0.3) is 11.8 Å². The van der Waals surface area contributed by atoms with Crippen LogP contribution < -0.4 is 10.1 Å². The van der Waals surface area contributed by atoms with E-state index < -0.39 is 38.6 Å². The van der Waals surface area contributed by atoms with E-state index in [1.165, 1.54) is 30.5 Å². The molecule has 2 aromatic carbocycles. The van der Waals surface area contributed by atoms with Crippen LogP contribution in [-0.2, 0) is 15.9 Å². The molecule has 0 fully saturated rings. The van der Waals surface area contributed by atoms with Crippen LogP contribution in [0.15, 0.2) is 41.3 Å². The van der Waals surface area contributed by atoms with Crippen molar-refractivity contribution in [1.82, 2.24) is 10.2 Å². The second-order valence-corrected chi connectivity index (χ2v) is 10.2. The van der Waals surface area contributed by atoms with Gasteiger partial charge in [-0.05, 0) is 62.6 Å². The van der Waals surface area contributed by atoms with Gasteiger partial charge in [-0.25, -0.2) is 8.99 Å². The Balaban J connectivity index is 2.11. The van der Waals surface area contributed by atoms with Gasteiger partial charge < -0.3 is 10.1 Å². The fraction of sp³-hybridized carbons (Fsp3) is 0.261. The van der Waals surface area contributed by atoms with E-state index in [-0.39, 0.29) is 16.5 Å². The molecule has 1 atom stereocenters. The molecule has 0 aliphatic rings. The standard InChI is InChI=1S/C23H23F3N4O3S/c1-12-9-13(2)19(14(3)10-12)33-22-18(15(4)20(29-30-22)23(24,25)26)21(31)28-16-7-6-8-17(11-16)34(5,27)32/h6-11,27H,1-5H3,(H,28,31). The molecule has 0 saturated carbocycles. The van der Waals surface area contributed by atoms with Crippen molar-refractivity contribution in [3.05, 3.63) is 69.9 Å². The summed E-state index contributed by atoms with van der Waals surface area (Å²) in [6.07, 6.45) is -3.61. The van der Waals surface area contributed by atoms with Gasteiger partial charge in [-0.2, -0.15) is 13.2 Å². The molecule has 7 nitrogen and oxygen atoms in total. The number of ether oxygens (including phenoxy) is 1. The minimum absolute atomic E-state index is 0.155. The first-order chi connectivity index (χ1) is 15.7. The Labute approximate surface area is 195 Å². The highest BCUT2D eigenvalue weighted by atomic mass is 32.2. The van der Waals surface area contributed by atoms with E-state index >= 15 is 0 Å². The normalized spacial score (nSPS) is 13.3. The van der Waals surface area contributed by atoms with E-state index in [1.807, 2.05) is 19.1 Å². The van der Waals surface area contributed by atoms with Crippen molar-refractivity contribution in [2.75, 3.05) is 11.6 Å². The molecule has 1 aromatic heterocycles.